The van der Waals surface area contributed by atoms with Gasteiger partial charge in [0, 0.05) is 36.8 Å². The van der Waals surface area contributed by atoms with Crippen LogP contribution in [0.15, 0.2) is 65.2 Å². The Balaban J connectivity index is 1.78. The summed E-state index contributed by atoms with van der Waals surface area (Å²) in [6, 6.07) is 18.9. The molecule has 37 heavy (non-hydrogen) atoms. The first-order chi connectivity index (χ1) is 18.0. The minimum Gasteiger partial charge on any atom is -0.481 e. The number of aliphatic carboxylic acids is 1. The van der Waals surface area contributed by atoms with Gasteiger partial charge in [-0.3, -0.25) is 9.59 Å². The van der Waals surface area contributed by atoms with Gasteiger partial charge in [-0.1, -0.05) is 47.6 Å². The van der Waals surface area contributed by atoms with Gasteiger partial charge in [0.1, 0.15) is 0 Å². The zero-order valence-corrected chi connectivity index (χ0v) is 20.5. The maximum absolute atomic E-state index is 13.9. The van der Waals surface area contributed by atoms with Crippen molar-refractivity contribution in [3.05, 3.63) is 77.4 Å². The number of carbonyl (C=O) groups excluding carboxylic acids is 1. The second kappa shape index (κ2) is 10.3. The quantitative estimate of drug-likeness (QED) is 0.331. The normalized spacial score (nSPS) is 12.4. The summed E-state index contributed by atoms with van der Waals surface area (Å²) in [7, 11) is 1.60. The minimum absolute atomic E-state index is 0.0168. The Morgan fingerprint density at radius 3 is 2.59 bits per heavy atom. The Kier molecular flexibility index (Phi) is 6.80. The molecule has 0 radical (unpaired) electrons. The van der Waals surface area contributed by atoms with Gasteiger partial charge in [-0.15, -0.1) is 0 Å². The third kappa shape index (κ3) is 4.74. The predicted molar refractivity (Wildman–Crippen MR) is 138 cm³/mol. The summed E-state index contributed by atoms with van der Waals surface area (Å²) in [4.78, 5) is 29.7. The lowest BCUT2D eigenvalue weighted by molar-refractivity contribution is -0.137. The number of ether oxygens (including phenoxy) is 1. The largest absolute Gasteiger partial charge is 0.481 e. The van der Waals surface area contributed by atoms with Crippen LogP contribution in [-0.4, -0.2) is 40.8 Å². The van der Waals surface area contributed by atoms with Crippen LogP contribution in [-0.2, 0) is 16.1 Å². The topological polar surface area (TPSA) is 118 Å². The molecule has 0 saturated heterocycles. The number of carboxylic acids is 1. The van der Waals surface area contributed by atoms with E-state index in [1.807, 2.05) is 49.4 Å². The van der Waals surface area contributed by atoms with Crippen molar-refractivity contribution in [3.8, 4) is 34.0 Å². The van der Waals surface area contributed by atoms with Crippen LogP contribution in [0.2, 0.25) is 0 Å². The molecule has 5 rings (SSSR count). The van der Waals surface area contributed by atoms with Crippen molar-refractivity contribution < 1.29 is 24.0 Å². The molecule has 1 aliphatic heterocycles. The number of rotatable bonds is 8. The van der Waals surface area contributed by atoms with Crippen LogP contribution >= 0.6 is 0 Å². The van der Waals surface area contributed by atoms with Crippen molar-refractivity contribution in [2.75, 3.05) is 18.7 Å². The third-order valence-corrected chi connectivity index (χ3v) is 6.28. The number of hydrogen-bond acceptors (Lipinski definition) is 7. The first-order valence-electron chi connectivity index (χ1n) is 11.9. The number of hydrogen-bond donors (Lipinski definition) is 2. The van der Waals surface area contributed by atoms with E-state index in [4.69, 9.17) is 19.4 Å². The van der Waals surface area contributed by atoms with E-state index in [-0.39, 0.29) is 25.5 Å². The number of nitrogens with one attached hydrogen (secondary N) is 1. The summed E-state index contributed by atoms with van der Waals surface area (Å²) >= 11 is 0. The molecule has 1 aromatic heterocycles. The Hall–Kier alpha value is -4.34. The van der Waals surface area contributed by atoms with Crippen molar-refractivity contribution in [3.63, 3.8) is 0 Å². The molecule has 2 heterocycles. The average molecular weight is 499 g/mol. The number of carbonyl (C=O) groups is 2. The number of nitrogens with zero attached hydrogens (tertiary/aromatic N) is 3. The van der Waals surface area contributed by atoms with Crippen molar-refractivity contribution in [1.29, 1.82) is 0 Å². The number of methoxy groups -OCH3 is 1. The van der Waals surface area contributed by atoms with Crippen LogP contribution in [0.25, 0.3) is 34.0 Å². The van der Waals surface area contributed by atoms with E-state index in [9.17, 15) is 9.59 Å². The molecule has 3 aromatic carbocycles. The molecule has 2 N–H and O–H groups in total. The summed E-state index contributed by atoms with van der Waals surface area (Å²) in [5, 5.41) is 14.8. The standard InChI is InChI=1S/C28H26N4O5/c1-17-24-22(18-8-4-3-5-9-18)15-21(16-36-2)25(17)32(29-13-7-12-23(33)34)28(35)20-11-6-10-19(14-20)26-30-27(24)37-31-26/h3-6,8-11,14-15,29H,7,12-13,16H2,1-2H3,(H,33,34). The highest BCUT2D eigenvalue weighted by Gasteiger charge is 2.29. The van der Waals surface area contributed by atoms with E-state index in [1.54, 1.807) is 25.3 Å². The number of anilines is 1. The second-order valence-electron chi connectivity index (χ2n) is 8.78. The maximum atomic E-state index is 13.9. The smallest absolute Gasteiger partial charge is 0.303 e. The number of fused-ring (bicyclic) bond motifs is 8. The molecule has 188 valence electrons. The van der Waals surface area contributed by atoms with Crippen molar-refractivity contribution in [2.24, 2.45) is 0 Å². The number of carboxylic acid groups (broad SMARTS) is 1. The monoisotopic (exact) mass is 498 g/mol. The molecule has 6 bridgehead atoms. The lowest BCUT2D eigenvalue weighted by Gasteiger charge is -2.29. The van der Waals surface area contributed by atoms with Crippen molar-refractivity contribution in [2.45, 2.75) is 26.4 Å². The van der Waals surface area contributed by atoms with Crippen molar-refractivity contribution in [1.82, 2.24) is 15.6 Å². The van der Waals surface area contributed by atoms with Gasteiger partial charge in [0.25, 0.3) is 11.8 Å². The number of amides is 1. The molecule has 0 saturated carbocycles. The summed E-state index contributed by atoms with van der Waals surface area (Å²) < 4.78 is 11.3. The fourth-order valence-corrected chi connectivity index (χ4v) is 4.62. The number of aromatic nitrogens is 2. The van der Waals surface area contributed by atoms with Gasteiger partial charge in [-0.25, -0.2) is 10.4 Å². The lowest BCUT2D eigenvalue weighted by atomic mass is 9.91. The Morgan fingerprint density at radius 1 is 1.08 bits per heavy atom. The maximum Gasteiger partial charge on any atom is 0.303 e. The van der Waals surface area contributed by atoms with Crippen LogP contribution < -0.4 is 10.4 Å². The Bertz CT molecular complexity index is 1460. The van der Waals surface area contributed by atoms with E-state index in [1.165, 1.54) is 5.01 Å². The molecular formula is C28H26N4O5. The van der Waals surface area contributed by atoms with E-state index in [2.05, 4.69) is 10.6 Å². The average Bonchev–Trinajstić information content (AvgIpc) is 3.39. The first-order valence-corrected chi connectivity index (χ1v) is 11.9. The molecule has 0 unspecified atom stereocenters. The van der Waals surface area contributed by atoms with Gasteiger partial charge in [0.05, 0.1) is 17.9 Å². The Labute approximate surface area is 213 Å². The minimum atomic E-state index is -0.893. The summed E-state index contributed by atoms with van der Waals surface area (Å²) in [6.45, 7) is 2.43. The molecule has 0 aliphatic carbocycles. The lowest BCUT2D eigenvalue weighted by Crippen LogP contribution is -2.45. The highest BCUT2D eigenvalue weighted by Crippen LogP contribution is 2.42. The van der Waals surface area contributed by atoms with E-state index >= 15 is 0 Å². The van der Waals surface area contributed by atoms with Crippen LogP contribution in [0.1, 0.15) is 34.3 Å². The predicted octanol–water partition coefficient (Wildman–Crippen LogP) is 4.86. The zero-order valence-electron chi connectivity index (χ0n) is 20.5. The Morgan fingerprint density at radius 2 is 1.84 bits per heavy atom. The first kappa shape index (κ1) is 24.4. The highest BCUT2D eigenvalue weighted by atomic mass is 16.5. The molecule has 9 nitrogen and oxygen atoms in total. The molecule has 0 spiro atoms. The summed E-state index contributed by atoms with van der Waals surface area (Å²) in [5.41, 5.74) is 8.90. The molecular weight excluding hydrogens is 472 g/mol. The van der Waals surface area contributed by atoms with Crippen LogP contribution in [0.4, 0.5) is 5.69 Å². The summed E-state index contributed by atoms with van der Waals surface area (Å²) in [5.74, 6) is -0.466. The van der Waals surface area contributed by atoms with E-state index in [0.29, 0.717) is 40.5 Å². The van der Waals surface area contributed by atoms with Crippen molar-refractivity contribution >= 4 is 17.6 Å². The van der Waals surface area contributed by atoms with Gasteiger partial charge in [0.2, 0.25) is 5.82 Å². The van der Waals surface area contributed by atoms with E-state index in [0.717, 1.165) is 22.3 Å². The van der Waals surface area contributed by atoms with Crippen LogP contribution in [0, 0.1) is 6.92 Å². The fourth-order valence-electron chi connectivity index (χ4n) is 4.62. The fraction of sp³-hybridized carbons (Fsp3) is 0.214. The van der Waals surface area contributed by atoms with Gasteiger partial charge >= 0.3 is 5.97 Å². The zero-order chi connectivity index (χ0) is 25.9. The highest BCUT2D eigenvalue weighted by molar-refractivity contribution is 6.08. The van der Waals surface area contributed by atoms with Gasteiger partial charge < -0.3 is 14.4 Å². The summed E-state index contributed by atoms with van der Waals surface area (Å²) in [6.07, 6.45) is 0.330. The molecule has 9 heteroatoms. The number of hydrazine groups is 1. The van der Waals surface area contributed by atoms with Gasteiger partial charge in [-0.2, -0.15) is 4.98 Å². The molecule has 0 fully saturated rings. The molecule has 1 aliphatic rings. The van der Waals surface area contributed by atoms with Gasteiger partial charge in [-0.05, 0) is 48.2 Å². The molecule has 4 aromatic rings. The third-order valence-electron chi connectivity index (χ3n) is 6.28. The second-order valence-corrected chi connectivity index (χ2v) is 8.78. The molecule has 0 atom stereocenters. The van der Waals surface area contributed by atoms with Gasteiger partial charge in [0.15, 0.2) is 0 Å². The van der Waals surface area contributed by atoms with Crippen LogP contribution in [0.5, 0.6) is 0 Å². The number of benzene rings is 3. The van der Waals surface area contributed by atoms with Crippen LogP contribution in [0.3, 0.4) is 0 Å². The SMILES string of the molecule is COCc1cc(-c2ccccc2)c2c(C)c1N(NCCCC(=O)O)C(=O)c1cccc(c1)-c1noc-2n1. The molecule has 1 amide bonds. The van der Waals surface area contributed by atoms with E-state index < -0.39 is 5.97 Å².